The van der Waals surface area contributed by atoms with Crippen molar-refractivity contribution in [3.05, 3.63) is 35.4 Å². The minimum atomic E-state index is -0.217. The van der Waals surface area contributed by atoms with Crippen molar-refractivity contribution in [3.63, 3.8) is 0 Å². The second-order valence-corrected chi connectivity index (χ2v) is 3.55. The monoisotopic (exact) mass is 192 g/mol. The van der Waals surface area contributed by atoms with E-state index >= 15 is 0 Å². The van der Waals surface area contributed by atoms with Crippen molar-refractivity contribution < 1.29 is 9.53 Å². The summed E-state index contributed by atoms with van der Waals surface area (Å²) >= 11 is 0. The number of benzene rings is 1. The maximum Gasteiger partial charge on any atom is 0.302 e. The molecule has 0 heterocycles. The predicted octanol–water partition coefficient (Wildman–Crippen LogP) is 2.49. The van der Waals surface area contributed by atoms with Crippen LogP contribution in [-0.4, -0.2) is 12.1 Å². The fourth-order valence-corrected chi connectivity index (χ4v) is 1.47. The molecule has 1 aromatic carbocycles. The van der Waals surface area contributed by atoms with Gasteiger partial charge < -0.3 is 4.74 Å². The standard InChI is InChI=1S/C12H16O2/c1-9-6-4-5-7-12(9)8-10(2)14-11(3)13/h4-7,10H,8H2,1-3H3/t10-/m0/s1. The van der Waals surface area contributed by atoms with Crippen LogP contribution in [0.1, 0.15) is 25.0 Å². The Morgan fingerprint density at radius 1 is 1.43 bits per heavy atom. The van der Waals surface area contributed by atoms with Crippen molar-refractivity contribution in [2.24, 2.45) is 0 Å². The smallest absolute Gasteiger partial charge is 0.302 e. The van der Waals surface area contributed by atoms with E-state index in [1.54, 1.807) is 0 Å². The summed E-state index contributed by atoms with van der Waals surface area (Å²) in [6.45, 7) is 5.41. The van der Waals surface area contributed by atoms with Gasteiger partial charge in [0.15, 0.2) is 0 Å². The summed E-state index contributed by atoms with van der Waals surface area (Å²) in [4.78, 5) is 10.7. The van der Waals surface area contributed by atoms with Gasteiger partial charge in [-0.3, -0.25) is 4.79 Å². The second kappa shape index (κ2) is 4.80. The van der Waals surface area contributed by atoms with E-state index in [9.17, 15) is 4.79 Å². The maximum atomic E-state index is 10.7. The lowest BCUT2D eigenvalue weighted by Gasteiger charge is -2.13. The predicted molar refractivity (Wildman–Crippen MR) is 56.1 cm³/mol. The quantitative estimate of drug-likeness (QED) is 0.688. The van der Waals surface area contributed by atoms with E-state index in [2.05, 4.69) is 19.1 Å². The van der Waals surface area contributed by atoms with Crippen LogP contribution < -0.4 is 0 Å². The van der Waals surface area contributed by atoms with Gasteiger partial charge in [0.25, 0.3) is 0 Å². The van der Waals surface area contributed by atoms with Crippen LogP contribution in [0.25, 0.3) is 0 Å². The Morgan fingerprint density at radius 3 is 2.64 bits per heavy atom. The number of hydrogen-bond acceptors (Lipinski definition) is 2. The second-order valence-electron chi connectivity index (χ2n) is 3.55. The van der Waals surface area contributed by atoms with E-state index in [0.717, 1.165) is 6.42 Å². The molecule has 1 aromatic rings. The van der Waals surface area contributed by atoms with Gasteiger partial charge in [-0.2, -0.15) is 0 Å². The molecule has 2 nitrogen and oxygen atoms in total. The van der Waals surface area contributed by atoms with E-state index in [-0.39, 0.29) is 12.1 Å². The number of carbonyl (C=O) groups excluding carboxylic acids is 1. The summed E-state index contributed by atoms with van der Waals surface area (Å²) in [7, 11) is 0. The Balaban J connectivity index is 2.60. The maximum absolute atomic E-state index is 10.7. The molecule has 0 amide bonds. The Bertz CT molecular complexity index is 318. The van der Waals surface area contributed by atoms with Crippen molar-refractivity contribution in [1.82, 2.24) is 0 Å². The first kappa shape index (κ1) is 10.8. The van der Waals surface area contributed by atoms with Gasteiger partial charge in [-0.15, -0.1) is 0 Å². The molecule has 76 valence electrons. The van der Waals surface area contributed by atoms with Gasteiger partial charge in [-0.1, -0.05) is 24.3 Å². The fraction of sp³-hybridized carbons (Fsp3) is 0.417. The molecule has 0 saturated heterocycles. The molecule has 0 aromatic heterocycles. The Hall–Kier alpha value is -1.31. The average Bonchev–Trinajstić information content (AvgIpc) is 2.07. The van der Waals surface area contributed by atoms with E-state index in [1.807, 2.05) is 19.1 Å². The first-order chi connectivity index (χ1) is 6.59. The van der Waals surface area contributed by atoms with Crippen LogP contribution in [0.4, 0.5) is 0 Å². The van der Waals surface area contributed by atoms with E-state index < -0.39 is 0 Å². The van der Waals surface area contributed by atoms with Crippen molar-refractivity contribution in [2.45, 2.75) is 33.3 Å². The SMILES string of the molecule is CC(=O)O[C@@H](C)Cc1ccccc1C. The molecule has 0 saturated carbocycles. The molecular weight excluding hydrogens is 176 g/mol. The van der Waals surface area contributed by atoms with Crippen LogP contribution in [0.15, 0.2) is 24.3 Å². The molecule has 0 N–H and O–H groups in total. The zero-order chi connectivity index (χ0) is 10.6. The lowest BCUT2D eigenvalue weighted by Crippen LogP contribution is -2.15. The van der Waals surface area contributed by atoms with Crippen LogP contribution in [-0.2, 0) is 16.0 Å². The highest BCUT2D eigenvalue weighted by Crippen LogP contribution is 2.11. The fourth-order valence-electron chi connectivity index (χ4n) is 1.47. The third kappa shape index (κ3) is 3.21. The third-order valence-electron chi connectivity index (χ3n) is 2.14. The van der Waals surface area contributed by atoms with Gasteiger partial charge in [0, 0.05) is 13.3 Å². The molecule has 0 aliphatic heterocycles. The normalized spacial score (nSPS) is 12.2. The molecule has 1 rings (SSSR count). The molecular formula is C12H16O2. The Kier molecular flexibility index (Phi) is 3.69. The highest BCUT2D eigenvalue weighted by atomic mass is 16.5. The van der Waals surface area contributed by atoms with Gasteiger partial charge in [0.1, 0.15) is 6.10 Å². The zero-order valence-corrected chi connectivity index (χ0v) is 8.91. The lowest BCUT2D eigenvalue weighted by molar-refractivity contribution is -0.145. The molecule has 0 aliphatic rings. The van der Waals surface area contributed by atoms with Crippen LogP contribution in [0.2, 0.25) is 0 Å². The number of rotatable bonds is 3. The number of ether oxygens (including phenoxy) is 1. The molecule has 0 spiro atoms. The Labute approximate surface area is 84.9 Å². The summed E-state index contributed by atoms with van der Waals surface area (Å²) in [5.41, 5.74) is 2.48. The van der Waals surface area contributed by atoms with Crippen LogP contribution in [0, 0.1) is 6.92 Å². The summed E-state index contributed by atoms with van der Waals surface area (Å²) in [6, 6.07) is 8.14. The highest BCUT2D eigenvalue weighted by molar-refractivity contribution is 5.66. The van der Waals surface area contributed by atoms with E-state index in [0.29, 0.717) is 0 Å². The summed E-state index contributed by atoms with van der Waals surface area (Å²) < 4.78 is 5.07. The molecule has 0 unspecified atom stereocenters. The van der Waals surface area contributed by atoms with Gasteiger partial charge in [-0.05, 0) is 25.0 Å². The molecule has 0 fully saturated rings. The number of aryl methyl sites for hydroxylation is 1. The molecule has 0 aliphatic carbocycles. The largest absolute Gasteiger partial charge is 0.463 e. The topological polar surface area (TPSA) is 26.3 Å². The lowest BCUT2D eigenvalue weighted by atomic mass is 10.0. The molecule has 2 heteroatoms. The van der Waals surface area contributed by atoms with Gasteiger partial charge in [-0.25, -0.2) is 0 Å². The van der Waals surface area contributed by atoms with Gasteiger partial charge in [0.2, 0.25) is 0 Å². The zero-order valence-electron chi connectivity index (χ0n) is 8.91. The average molecular weight is 192 g/mol. The van der Waals surface area contributed by atoms with Crippen molar-refractivity contribution in [3.8, 4) is 0 Å². The molecule has 1 atom stereocenters. The highest BCUT2D eigenvalue weighted by Gasteiger charge is 2.07. The van der Waals surface area contributed by atoms with Crippen molar-refractivity contribution >= 4 is 5.97 Å². The Morgan fingerprint density at radius 2 is 2.07 bits per heavy atom. The minimum absolute atomic E-state index is 0.0476. The molecule has 0 radical (unpaired) electrons. The van der Waals surface area contributed by atoms with Gasteiger partial charge >= 0.3 is 5.97 Å². The van der Waals surface area contributed by atoms with Crippen LogP contribution >= 0.6 is 0 Å². The van der Waals surface area contributed by atoms with Crippen molar-refractivity contribution in [2.75, 3.05) is 0 Å². The van der Waals surface area contributed by atoms with Crippen LogP contribution in [0.3, 0.4) is 0 Å². The minimum Gasteiger partial charge on any atom is -0.463 e. The molecule has 0 bridgehead atoms. The van der Waals surface area contributed by atoms with Crippen LogP contribution in [0.5, 0.6) is 0 Å². The molecule has 14 heavy (non-hydrogen) atoms. The number of hydrogen-bond donors (Lipinski definition) is 0. The third-order valence-corrected chi connectivity index (χ3v) is 2.14. The summed E-state index contributed by atoms with van der Waals surface area (Å²) in [5.74, 6) is -0.217. The van der Waals surface area contributed by atoms with Crippen molar-refractivity contribution in [1.29, 1.82) is 0 Å². The number of esters is 1. The first-order valence-electron chi connectivity index (χ1n) is 4.81. The van der Waals surface area contributed by atoms with E-state index in [4.69, 9.17) is 4.74 Å². The summed E-state index contributed by atoms with van der Waals surface area (Å²) in [5, 5.41) is 0. The van der Waals surface area contributed by atoms with E-state index in [1.165, 1.54) is 18.1 Å². The number of carbonyl (C=O) groups is 1. The summed E-state index contributed by atoms with van der Waals surface area (Å²) in [6.07, 6.45) is 0.736. The first-order valence-corrected chi connectivity index (χ1v) is 4.81. The van der Waals surface area contributed by atoms with Gasteiger partial charge in [0.05, 0.1) is 0 Å².